The number of hydrogen-bond donors (Lipinski definition) is 1. The molecule has 3 aromatic carbocycles. The van der Waals surface area contributed by atoms with Gasteiger partial charge in [0.2, 0.25) is 0 Å². The van der Waals surface area contributed by atoms with E-state index in [0.717, 1.165) is 11.3 Å². The van der Waals surface area contributed by atoms with Gasteiger partial charge in [0, 0.05) is 21.8 Å². The van der Waals surface area contributed by atoms with Crippen LogP contribution in [0.5, 0.6) is 0 Å². The number of rotatable bonds is 7. The third kappa shape index (κ3) is 5.60. The molecule has 0 atom stereocenters. The summed E-state index contributed by atoms with van der Waals surface area (Å²) in [6.45, 7) is 0. The maximum Gasteiger partial charge on any atom is 0.250 e. The van der Waals surface area contributed by atoms with Crippen LogP contribution in [0.25, 0.3) is 17.1 Å². The fourth-order valence-electron chi connectivity index (χ4n) is 2.92. The van der Waals surface area contributed by atoms with E-state index in [2.05, 4.69) is 20.7 Å². The molecule has 0 saturated heterocycles. The van der Waals surface area contributed by atoms with Gasteiger partial charge in [-0.2, -0.15) is 5.10 Å². The Kier molecular flexibility index (Phi) is 7.39. The second kappa shape index (κ2) is 10.6. The van der Waals surface area contributed by atoms with Gasteiger partial charge in [-0.1, -0.05) is 59.2 Å². The Morgan fingerprint density at radius 3 is 2.52 bits per heavy atom. The first-order valence-electron chi connectivity index (χ1n) is 9.68. The zero-order chi connectivity index (χ0) is 23.2. The summed E-state index contributed by atoms with van der Waals surface area (Å²) in [5, 5.41) is 13.7. The molecule has 4 rings (SSSR count). The lowest BCUT2D eigenvalue weighted by Gasteiger charge is -2.10. The first-order chi connectivity index (χ1) is 16.0. The smallest absolute Gasteiger partial charge is 0.250 e. The minimum atomic E-state index is -0.527. The van der Waals surface area contributed by atoms with Crippen LogP contribution in [0, 0.1) is 5.82 Å². The van der Waals surface area contributed by atoms with Crippen molar-refractivity contribution in [2.24, 2.45) is 5.10 Å². The van der Waals surface area contributed by atoms with Crippen molar-refractivity contribution in [1.82, 2.24) is 20.2 Å². The van der Waals surface area contributed by atoms with E-state index in [1.807, 2.05) is 47.0 Å². The molecule has 0 bridgehead atoms. The van der Waals surface area contributed by atoms with Gasteiger partial charge in [-0.25, -0.2) is 9.82 Å². The minimum absolute atomic E-state index is 0.0218. The Bertz CT molecular complexity index is 1280. The molecule has 0 spiro atoms. The van der Waals surface area contributed by atoms with Gasteiger partial charge in [-0.05, 0) is 48.5 Å². The topological polar surface area (TPSA) is 72.2 Å². The highest BCUT2D eigenvalue weighted by molar-refractivity contribution is 7.99. The molecule has 6 nitrogen and oxygen atoms in total. The summed E-state index contributed by atoms with van der Waals surface area (Å²) in [4.78, 5) is 12.3. The molecular formula is C23H16Cl2FN5OS. The molecule has 1 amide bonds. The van der Waals surface area contributed by atoms with Gasteiger partial charge in [0.25, 0.3) is 5.91 Å². The molecule has 0 radical (unpaired) electrons. The Morgan fingerprint density at radius 2 is 1.79 bits per heavy atom. The molecular weight excluding hydrogens is 484 g/mol. The Labute approximate surface area is 203 Å². The molecule has 10 heteroatoms. The molecule has 0 aliphatic rings. The second-order valence-electron chi connectivity index (χ2n) is 6.70. The summed E-state index contributed by atoms with van der Waals surface area (Å²) in [6, 6.07) is 21.1. The Hall–Kier alpha value is -3.20. The molecule has 0 aliphatic heterocycles. The van der Waals surface area contributed by atoms with Crippen LogP contribution in [0.15, 0.2) is 83.1 Å². The van der Waals surface area contributed by atoms with Crippen LogP contribution >= 0.6 is 35.0 Å². The van der Waals surface area contributed by atoms with E-state index in [9.17, 15) is 9.18 Å². The van der Waals surface area contributed by atoms with E-state index in [4.69, 9.17) is 23.2 Å². The number of benzene rings is 3. The number of halogens is 3. The summed E-state index contributed by atoms with van der Waals surface area (Å²) >= 11 is 13.2. The van der Waals surface area contributed by atoms with Crippen molar-refractivity contribution in [3.8, 4) is 17.1 Å². The molecule has 166 valence electrons. The van der Waals surface area contributed by atoms with Crippen LogP contribution in [0.1, 0.15) is 5.56 Å². The average Bonchev–Trinajstić information content (AvgIpc) is 3.24. The lowest BCUT2D eigenvalue weighted by molar-refractivity contribution is -0.118. The lowest BCUT2D eigenvalue weighted by Crippen LogP contribution is -2.20. The summed E-state index contributed by atoms with van der Waals surface area (Å²) in [7, 11) is 0. The number of para-hydroxylation sites is 1. The van der Waals surface area contributed by atoms with Gasteiger partial charge >= 0.3 is 0 Å². The largest absolute Gasteiger partial charge is 0.272 e. The fourth-order valence-corrected chi connectivity index (χ4v) is 4.01. The second-order valence-corrected chi connectivity index (χ2v) is 8.49. The third-order valence-electron chi connectivity index (χ3n) is 4.47. The number of thioether (sulfide) groups is 1. The SMILES string of the molecule is O=C(CSc1nnc(-c2ccc(Cl)cc2)n1-c1ccccc1)NN=Cc1c(F)cccc1Cl. The van der Waals surface area contributed by atoms with Gasteiger partial charge in [-0.15, -0.1) is 10.2 Å². The lowest BCUT2D eigenvalue weighted by atomic mass is 10.2. The quantitative estimate of drug-likeness (QED) is 0.203. The highest BCUT2D eigenvalue weighted by atomic mass is 35.5. The molecule has 0 unspecified atom stereocenters. The highest BCUT2D eigenvalue weighted by Crippen LogP contribution is 2.28. The number of hydrazone groups is 1. The van der Waals surface area contributed by atoms with E-state index in [1.54, 1.807) is 18.2 Å². The predicted octanol–water partition coefficient (Wildman–Crippen LogP) is 5.62. The molecule has 0 fully saturated rings. The van der Waals surface area contributed by atoms with Gasteiger partial charge in [0.15, 0.2) is 11.0 Å². The number of aromatic nitrogens is 3. The van der Waals surface area contributed by atoms with Crippen LogP contribution in [0.3, 0.4) is 0 Å². The number of carbonyl (C=O) groups is 1. The van der Waals surface area contributed by atoms with Crippen molar-refractivity contribution >= 4 is 47.1 Å². The number of nitrogens with zero attached hydrogens (tertiary/aromatic N) is 4. The van der Waals surface area contributed by atoms with E-state index in [0.29, 0.717) is 16.0 Å². The monoisotopic (exact) mass is 499 g/mol. The van der Waals surface area contributed by atoms with Crippen LogP contribution in [-0.2, 0) is 4.79 Å². The van der Waals surface area contributed by atoms with E-state index < -0.39 is 5.82 Å². The highest BCUT2D eigenvalue weighted by Gasteiger charge is 2.17. The summed E-state index contributed by atoms with van der Waals surface area (Å²) in [6.07, 6.45) is 1.17. The van der Waals surface area contributed by atoms with Crippen molar-refractivity contribution in [3.63, 3.8) is 0 Å². The van der Waals surface area contributed by atoms with E-state index in [-0.39, 0.29) is 22.2 Å². The maximum absolute atomic E-state index is 13.8. The molecule has 33 heavy (non-hydrogen) atoms. The van der Waals surface area contributed by atoms with Gasteiger partial charge in [0.1, 0.15) is 5.82 Å². The van der Waals surface area contributed by atoms with Gasteiger partial charge < -0.3 is 0 Å². The molecule has 0 saturated carbocycles. The maximum atomic E-state index is 13.8. The fraction of sp³-hybridized carbons (Fsp3) is 0.0435. The summed E-state index contributed by atoms with van der Waals surface area (Å²) in [5.41, 5.74) is 4.15. The van der Waals surface area contributed by atoms with Gasteiger partial charge in [0.05, 0.1) is 17.0 Å². The molecule has 1 aromatic heterocycles. The minimum Gasteiger partial charge on any atom is -0.272 e. The number of carbonyl (C=O) groups excluding carboxylic acids is 1. The molecule has 1 N–H and O–H groups in total. The van der Waals surface area contributed by atoms with E-state index >= 15 is 0 Å². The number of amides is 1. The predicted molar refractivity (Wildman–Crippen MR) is 130 cm³/mol. The van der Waals surface area contributed by atoms with Gasteiger partial charge in [-0.3, -0.25) is 9.36 Å². The standard InChI is InChI=1S/C23H16Cl2FN5OS/c24-16-11-9-15(10-12-16)22-29-30-23(31(22)17-5-2-1-3-6-17)33-14-21(32)28-27-13-18-19(25)7-4-8-20(18)26/h1-13H,14H2,(H,28,32). The summed E-state index contributed by atoms with van der Waals surface area (Å²) in [5.74, 6) is -0.276. The van der Waals surface area contributed by atoms with Crippen LogP contribution in [-0.4, -0.2) is 32.6 Å². The molecule has 1 heterocycles. The summed E-state index contributed by atoms with van der Waals surface area (Å²) < 4.78 is 15.7. The number of hydrogen-bond acceptors (Lipinski definition) is 5. The first kappa shape index (κ1) is 23.0. The van der Waals surface area contributed by atoms with Crippen LogP contribution in [0.4, 0.5) is 4.39 Å². The Morgan fingerprint density at radius 1 is 1.03 bits per heavy atom. The van der Waals surface area contributed by atoms with Crippen LogP contribution in [0.2, 0.25) is 10.0 Å². The zero-order valence-corrected chi connectivity index (χ0v) is 19.3. The van der Waals surface area contributed by atoms with Crippen molar-refractivity contribution in [2.75, 3.05) is 5.75 Å². The molecule has 4 aromatic rings. The normalized spacial score (nSPS) is 11.1. The zero-order valence-electron chi connectivity index (χ0n) is 17.0. The van der Waals surface area contributed by atoms with Crippen molar-refractivity contribution < 1.29 is 9.18 Å². The average molecular weight is 500 g/mol. The number of nitrogens with one attached hydrogen (secondary N) is 1. The first-order valence-corrected chi connectivity index (χ1v) is 11.4. The Balaban J connectivity index is 1.50. The van der Waals surface area contributed by atoms with Crippen molar-refractivity contribution in [3.05, 3.63) is 94.2 Å². The third-order valence-corrected chi connectivity index (χ3v) is 5.98. The van der Waals surface area contributed by atoms with Crippen LogP contribution < -0.4 is 5.43 Å². The van der Waals surface area contributed by atoms with E-state index in [1.165, 1.54) is 30.1 Å². The van der Waals surface area contributed by atoms with Crippen molar-refractivity contribution in [1.29, 1.82) is 0 Å². The molecule has 0 aliphatic carbocycles. The van der Waals surface area contributed by atoms with Crippen molar-refractivity contribution in [2.45, 2.75) is 5.16 Å².